The van der Waals surface area contributed by atoms with Crippen molar-refractivity contribution in [3.63, 3.8) is 0 Å². The first-order chi connectivity index (χ1) is 12.4. The molecule has 0 bridgehead atoms. The number of nitrogens with zero attached hydrogens (tertiary/aromatic N) is 1. The van der Waals surface area contributed by atoms with Gasteiger partial charge in [0.05, 0.1) is 7.11 Å². The second kappa shape index (κ2) is 7.20. The summed E-state index contributed by atoms with van der Waals surface area (Å²) in [5, 5.41) is 1.06. The van der Waals surface area contributed by atoms with E-state index in [1.807, 2.05) is 39.0 Å². The highest BCUT2D eigenvalue weighted by Crippen LogP contribution is 2.24. The summed E-state index contributed by atoms with van der Waals surface area (Å²) >= 11 is 0. The Balaban J connectivity index is 1.86. The number of hydrogen-bond donors (Lipinski definition) is 1. The van der Waals surface area contributed by atoms with Crippen molar-refractivity contribution in [1.82, 2.24) is 9.88 Å². The number of aromatic nitrogens is 1. The third kappa shape index (κ3) is 3.29. The van der Waals surface area contributed by atoms with Crippen LogP contribution in [0.4, 0.5) is 4.39 Å². The van der Waals surface area contributed by atoms with Gasteiger partial charge in [-0.3, -0.25) is 4.79 Å². The van der Waals surface area contributed by atoms with Crippen LogP contribution in [0.2, 0.25) is 0 Å². The number of hydrogen-bond acceptors (Lipinski definition) is 2. The quantitative estimate of drug-likeness (QED) is 0.728. The molecule has 2 aromatic carbocycles. The monoisotopic (exact) mass is 354 g/mol. The molecule has 1 heterocycles. The van der Waals surface area contributed by atoms with Crippen LogP contribution in [0.5, 0.6) is 5.75 Å². The number of halogens is 1. The minimum Gasteiger partial charge on any atom is -0.494 e. The number of aromatic amines is 1. The number of carbonyl (C=O) groups excluding carboxylic acids is 1. The molecule has 5 heteroatoms. The number of amides is 1. The van der Waals surface area contributed by atoms with E-state index in [1.165, 1.54) is 13.2 Å². The summed E-state index contributed by atoms with van der Waals surface area (Å²) in [4.78, 5) is 18.0. The van der Waals surface area contributed by atoms with Crippen LogP contribution in [-0.2, 0) is 6.54 Å². The topological polar surface area (TPSA) is 45.3 Å². The zero-order valence-corrected chi connectivity index (χ0v) is 15.5. The molecule has 26 heavy (non-hydrogen) atoms. The SMILES string of the molecule is CCN(Cc1ccc(OC)c(F)c1)C(=O)c1ccc2[nH]c(C)c(C)c2c1. The lowest BCUT2D eigenvalue weighted by Gasteiger charge is -2.21. The van der Waals surface area contributed by atoms with Crippen molar-refractivity contribution in [3.05, 3.63) is 64.6 Å². The number of methoxy groups -OCH3 is 1. The van der Waals surface area contributed by atoms with Crippen molar-refractivity contribution >= 4 is 16.8 Å². The van der Waals surface area contributed by atoms with Crippen LogP contribution >= 0.6 is 0 Å². The van der Waals surface area contributed by atoms with Crippen molar-refractivity contribution < 1.29 is 13.9 Å². The van der Waals surface area contributed by atoms with Gasteiger partial charge in [-0.15, -0.1) is 0 Å². The number of aryl methyl sites for hydroxylation is 2. The van der Waals surface area contributed by atoms with E-state index in [1.54, 1.807) is 17.0 Å². The lowest BCUT2D eigenvalue weighted by atomic mass is 10.1. The highest BCUT2D eigenvalue weighted by Gasteiger charge is 2.17. The summed E-state index contributed by atoms with van der Waals surface area (Å²) in [5.74, 6) is -0.288. The Bertz CT molecular complexity index is 962. The molecule has 0 radical (unpaired) electrons. The van der Waals surface area contributed by atoms with Gasteiger partial charge in [-0.05, 0) is 62.2 Å². The van der Waals surface area contributed by atoms with Crippen LogP contribution in [0.15, 0.2) is 36.4 Å². The number of carbonyl (C=O) groups is 1. The largest absolute Gasteiger partial charge is 0.494 e. The minimum absolute atomic E-state index is 0.0659. The maximum atomic E-state index is 13.9. The molecule has 0 saturated heterocycles. The van der Waals surface area contributed by atoms with Gasteiger partial charge in [-0.1, -0.05) is 6.07 Å². The van der Waals surface area contributed by atoms with E-state index in [4.69, 9.17) is 4.74 Å². The molecular formula is C21H23FN2O2. The number of benzene rings is 2. The van der Waals surface area contributed by atoms with Crippen molar-refractivity contribution in [2.45, 2.75) is 27.3 Å². The predicted molar refractivity (Wildman–Crippen MR) is 101 cm³/mol. The van der Waals surface area contributed by atoms with E-state index < -0.39 is 5.82 Å². The Kier molecular flexibility index (Phi) is 4.98. The average Bonchev–Trinajstić information content (AvgIpc) is 2.93. The average molecular weight is 354 g/mol. The number of H-pyrrole nitrogens is 1. The van der Waals surface area contributed by atoms with Gasteiger partial charge in [0.1, 0.15) is 0 Å². The summed E-state index contributed by atoms with van der Waals surface area (Å²) in [6, 6.07) is 10.5. The maximum absolute atomic E-state index is 13.9. The smallest absolute Gasteiger partial charge is 0.254 e. The standard InChI is InChI=1S/C21H23FN2O2/c1-5-24(12-15-6-9-20(26-4)18(22)10-15)21(25)16-7-8-19-17(11-16)13(2)14(3)23-19/h6-11,23H,5,12H2,1-4H3. The minimum atomic E-state index is -0.423. The normalized spacial score (nSPS) is 11.0. The maximum Gasteiger partial charge on any atom is 0.254 e. The number of fused-ring (bicyclic) bond motifs is 1. The molecule has 0 spiro atoms. The van der Waals surface area contributed by atoms with Crippen molar-refractivity contribution in [1.29, 1.82) is 0 Å². The van der Waals surface area contributed by atoms with E-state index in [2.05, 4.69) is 4.98 Å². The van der Waals surface area contributed by atoms with Crippen LogP contribution in [0.25, 0.3) is 10.9 Å². The second-order valence-corrected chi connectivity index (χ2v) is 6.42. The summed E-state index contributed by atoms with van der Waals surface area (Å²) in [6.07, 6.45) is 0. The van der Waals surface area contributed by atoms with Crippen LogP contribution in [0.1, 0.15) is 34.1 Å². The van der Waals surface area contributed by atoms with E-state index >= 15 is 0 Å². The lowest BCUT2D eigenvalue weighted by Crippen LogP contribution is -2.30. The Morgan fingerprint density at radius 2 is 1.96 bits per heavy atom. The second-order valence-electron chi connectivity index (χ2n) is 6.42. The molecule has 0 fully saturated rings. The van der Waals surface area contributed by atoms with Gasteiger partial charge in [0, 0.05) is 35.2 Å². The van der Waals surface area contributed by atoms with E-state index in [0.29, 0.717) is 18.7 Å². The molecule has 0 aliphatic heterocycles. The molecule has 0 saturated carbocycles. The third-order valence-electron chi connectivity index (χ3n) is 4.81. The highest BCUT2D eigenvalue weighted by atomic mass is 19.1. The number of ether oxygens (including phenoxy) is 1. The van der Waals surface area contributed by atoms with Gasteiger partial charge in [-0.2, -0.15) is 0 Å². The first-order valence-electron chi connectivity index (χ1n) is 8.65. The Labute approximate surface area is 152 Å². The fourth-order valence-corrected chi connectivity index (χ4v) is 3.13. The molecular weight excluding hydrogens is 331 g/mol. The first-order valence-corrected chi connectivity index (χ1v) is 8.65. The van der Waals surface area contributed by atoms with Gasteiger partial charge in [0.2, 0.25) is 0 Å². The van der Waals surface area contributed by atoms with Gasteiger partial charge in [0.25, 0.3) is 5.91 Å². The summed E-state index contributed by atoms with van der Waals surface area (Å²) < 4.78 is 18.9. The summed E-state index contributed by atoms with van der Waals surface area (Å²) in [7, 11) is 1.43. The van der Waals surface area contributed by atoms with E-state index in [0.717, 1.165) is 27.7 Å². The summed E-state index contributed by atoms with van der Waals surface area (Å²) in [5.41, 5.74) is 4.64. The zero-order chi connectivity index (χ0) is 18.8. The molecule has 0 aliphatic carbocycles. The van der Waals surface area contributed by atoms with Gasteiger partial charge in [-0.25, -0.2) is 4.39 Å². The summed E-state index contributed by atoms with van der Waals surface area (Å²) in [6.45, 7) is 6.87. The Morgan fingerprint density at radius 3 is 2.62 bits per heavy atom. The molecule has 0 aliphatic rings. The van der Waals surface area contributed by atoms with Crippen molar-refractivity contribution in [2.24, 2.45) is 0 Å². The fourth-order valence-electron chi connectivity index (χ4n) is 3.13. The molecule has 3 rings (SSSR count). The fraction of sp³-hybridized carbons (Fsp3) is 0.286. The van der Waals surface area contributed by atoms with Gasteiger partial charge in [0.15, 0.2) is 11.6 Å². The number of rotatable bonds is 5. The Hall–Kier alpha value is -2.82. The van der Waals surface area contributed by atoms with E-state index in [9.17, 15) is 9.18 Å². The third-order valence-corrected chi connectivity index (χ3v) is 4.81. The molecule has 0 unspecified atom stereocenters. The lowest BCUT2D eigenvalue weighted by molar-refractivity contribution is 0.0752. The van der Waals surface area contributed by atoms with Crippen molar-refractivity contribution in [3.8, 4) is 5.75 Å². The van der Waals surface area contributed by atoms with Crippen LogP contribution in [0.3, 0.4) is 0 Å². The van der Waals surface area contributed by atoms with Crippen LogP contribution in [0, 0.1) is 19.7 Å². The van der Waals surface area contributed by atoms with E-state index in [-0.39, 0.29) is 11.7 Å². The van der Waals surface area contributed by atoms with Crippen LogP contribution in [-0.4, -0.2) is 29.4 Å². The van der Waals surface area contributed by atoms with Gasteiger partial charge < -0.3 is 14.6 Å². The zero-order valence-electron chi connectivity index (χ0n) is 15.5. The molecule has 3 aromatic rings. The van der Waals surface area contributed by atoms with Crippen molar-refractivity contribution in [2.75, 3.05) is 13.7 Å². The van der Waals surface area contributed by atoms with Gasteiger partial charge >= 0.3 is 0 Å². The molecule has 136 valence electrons. The highest BCUT2D eigenvalue weighted by molar-refractivity contribution is 5.99. The molecule has 1 amide bonds. The Morgan fingerprint density at radius 1 is 1.19 bits per heavy atom. The molecule has 1 aromatic heterocycles. The molecule has 0 atom stereocenters. The predicted octanol–water partition coefficient (Wildman–Crippen LogP) is 4.59. The van der Waals surface area contributed by atoms with Crippen LogP contribution < -0.4 is 4.74 Å². The number of nitrogens with one attached hydrogen (secondary N) is 1. The molecule has 4 nitrogen and oxygen atoms in total. The molecule has 1 N–H and O–H groups in total. The first kappa shape index (κ1) is 18.0.